The number of carbonyl (C=O) groups excluding carboxylic acids is 2. The maximum Gasteiger partial charge on any atom is 0.316 e. The van der Waals surface area contributed by atoms with Gasteiger partial charge in [-0.25, -0.2) is 0 Å². The first-order valence-electron chi connectivity index (χ1n) is 17.9. The molecule has 0 radical (unpaired) electrons. The molecule has 0 saturated carbocycles. The lowest BCUT2D eigenvalue weighted by Crippen LogP contribution is -2.57. The lowest BCUT2D eigenvalue weighted by atomic mass is 9.71. The summed E-state index contributed by atoms with van der Waals surface area (Å²) in [4.78, 5) is 38.0. The average Bonchev–Trinajstić information content (AvgIpc) is 3.43. The van der Waals surface area contributed by atoms with Crippen LogP contribution in [0.5, 0.6) is 0 Å². The molecule has 11 nitrogen and oxygen atoms in total. The molecule has 1 aromatic carbocycles. The molecule has 6 rings (SSSR count). The van der Waals surface area contributed by atoms with Gasteiger partial charge in [-0.3, -0.25) is 19.7 Å². The predicted molar refractivity (Wildman–Crippen MR) is 184 cm³/mol. The van der Waals surface area contributed by atoms with Crippen molar-refractivity contribution in [1.82, 2.24) is 0 Å². The van der Waals surface area contributed by atoms with E-state index < -0.39 is 40.4 Å². The van der Waals surface area contributed by atoms with Crippen LogP contribution in [0.1, 0.15) is 78.7 Å². The molecule has 10 atom stereocenters. The second kappa shape index (κ2) is 14.6. The largest absolute Gasteiger partial charge is 0.462 e. The first-order valence-corrected chi connectivity index (χ1v) is 17.9. The molecule has 0 aromatic heterocycles. The van der Waals surface area contributed by atoms with Crippen molar-refractivity contribution in [2.75, 3.05) is 6.61 Å². The summed E-state index contributed by atoms with van der Waals surface area (Å²) in [6, 6.07) is 6.32. The van der Waals surface area contributed by atoms with Gasteiger partial charge in [0, 0.05) is 37.3 Å². The molecular weight excluding hydrogens is 642 g/mol. The summed E-state index contributed by atoms with van der Waals surface area (Å²) in [5.41, 5.74) is 0.676. The number of ketones is 1. The van der Waals surface area contributed by atoms with Crippen LogP contribution in [0.3, 0.4) is 0 Å². The predicted octanol–water partition coefficient (Wildman–Crippen LogP) is 6.24. The van der Waals surface area contributed by atoms with Crippen LogP contribution >= 0.6 is 0 Å². The highest BCUT2D eigenvalue weighted by molar-refractivity contribution is 6.03. The summed E-state index contributed by atoms with van der Waals surface area (Å²) < 4.78 is 32.1. The van der Waals surface area contributed by atoms with Gasteiger partial charge in [0.2, 0.25) is 0 Å². The van der Waals surface area contributed by atoms with Crippen LogP contribution in [0.4, 0.5) is 5.69 Å². The van der Waals surface area contributed by atoms with Crippen molar-refractivity contribution in [2.45, 2.75) is 122 Å². The van der Waals surface area contributed by atoms with Crippen molar-refractivity contribution in [1.29, 1.82) is 0 Å². The monoisotopic (exact) mass is 691 g/mol. The summed E-state index contributed by atoms with van der Waals surface area (Å²) in [6.45, 7) is 10.2. The zero-order valence-corrected chi connectivity index (χ0v) is 29.5. The fourth-order valence-corrected chi connectivity index (χ4v) is 8.20. The van der Waals surface area contributed by atoms with Gasteiger partial charge >= 0.3 is 5.97 Å². The second-order valence-electron chi connectivity index (χ2n) is 14.7. The van der Waals surface area contributed by atoms with E-state index in [-0.39, 0.29) is 48.9 Å². The van der Waals surface area contributed by atoms with Crippen molar-refractivity contribution in [3.63, 3.8) is 0 Å². The average molecular weight is 692 g/mol. The SMILES string of the molecule is CC[C@H]1O[C@]2(CC[C@@H]1C)C[C@@H]1C[C@@H](C/C=C(\C)[C@H](OCc3ccc([N+](=O)[O-])cc3)[C@@H](C)/C=C/C=C3\CO[C@@H]4C(=O)C(C)=C[C@@H](C(=O)O1)[C@]34O)O2. The highest BCUT2D eigenvalue weighted by Gasteiger charge is 2.60. The number of benzene rings is 1. The van der Waals surface area contributed by atoms with Crippen LogP contribution in [-0.2, 0) is 39.9 Å². The number of aliphatic hydroxyl groups is 1. The standard InChI is InChI=1S/C39H49NO10/c1-6-33-23(2)16-17-38(50-33)20-31-19-30(49-38)15-10-25(4)35(46-21-27-11-13-29(14-12-27)40(44)45)24(3)8-7-9-28-22-47-36-34(41)26(5)18-32(37(42)48-31)39(28,36)43/h7-14,18,23-24,30-33,35-36,43H,6,15-17,19-22H2,1-5H3/b8-7+,25-10+,28-9+/t23-,24-,30+,31-,32-,33+,35+,36+,38+,39+/m0/s1. The molecule has 0 unspecified atom stereocenters. The first-order chi connectivity index (χ1) is 23.8. The highest BCUT2D eigenvalue weighted by Crippen LogP contribution is 2.46. The Kier molecular flexibility index (Phi) is 10.6. The highest BCUT2D eigenvalue weighted by atomic mass is 16.7. The number of nitrogens with zero attached hydrogens (tertiary/aromatic N) is 1. The van der Waals surface area contributed by atoms with Gasteiger partial charge < -0.3 is 28.8 Å². The Balaban J connectivity index is 1.36. The third-order valence-electron chi connectivity index (χ3n) is 11.1. The topological polar surface area (TPSA) is 144 Å². The van der Waals surface area contributed by atoms with E-state index in [1.165, 1.54) is 18.2 Å². The number of nitro benzene ring substituents is 1. The van der Waals surface area contributed by atoms with Gasteiger partial charge in [-0.05, 0) is 73.4 Å². The van der Waals surface area contributed by atoms with Gasteiger partial charge in [-0.15, -0.1) is 0 Å². The van der Waals surface area contributed by atoms with E-state index in [1.807, 2.05) is 19.9 Å². The van der Waals surface area contributed by atoms with E-state index in [1.54, 1.807) is 31.2 Å². The number of nitro groups is 1. The maximum atomic E-state index is 14.1. The van der Waals surface area contributed by atoms with Crippen LogP contribution < -0.4 is 0 Å². The number of hydrogen-bond donors (Lipinski definition) is 1. The quantitative estimate of drug-likeness (QED) is 0.163. The van der Waals surface area contributed by atoms with Crippen LogP contribution in [0, 0.1) is 27.9 Å². The van der Waals surface area contributed by atoms with Crippen molar-refractivity contribution < 1.29 is 43.3 Å². The fraction of sp³-hybridized carbons (Fsp3) is 0.590. The maximum absolute atomic E-state index is 14.1. The van der Waals surface area contributed by atoms with Gasteiger partial charge in [-0.1, -0.05) is 51.2 Å². The molecule has 0 amide bonds. The Morgan fingerprint density at radius 3 is 2.58 bits per heavy atom. The zero-order chi connectivity index (χ0) is 35.8. The number of Topliss-reactive ketones (excluding diaryl/α,β-unsaturated/α-hetero) is 1. The van der Waals surface area contributed by atoms with E-state index in [4.69, 9.17) is 23.7 Å². The normalized spacial score (nSPS) is 40.5. The summed E-state index contributed by atoms with van der Waals surface area (Å²) in [5, 5.41) is 23.4. The Morgan fingerprint density at radius 2 is 1.86 bits per heavy atom. The number of non-ortho nitro benzene ring substituents is 1. The summed E-state index contributed by atoms with van der Waals surface area (Å²) >= 11 is 0. The second-order valence-corrected chi connectivity index (χ2v) is 14.7. The molecule has 1 aromatic rings. The third kappa shape index (κ3) is 7.16. The minimum absolute atomic E-state index is 0.0115. The Labute approximate surface area is 293 Å². The molecule has 4 heterocycles. The summed E-state index contributed by atoms with van der Waals surface area (Å²) in [6.07, 6.45) is 10.5. The number of rotatable bonds is 5. The van der Waals surface area contributed by atoms with Crippen LogP contribution in [0.15, 0.2) is 71.4 Å². The zero-order valence-electron chi connectivity index (χ0n) is 29.5. The fourth-order valence-electron chi connectivity index (χ4n) is 8.20. The van der Waals surface area contributed by atoms with Crippen LogP contribution in [-0.4, -0.2) is 70.3 Å². The van der Waals surface area contributed by atoms with Crippen molar-refractivity contribution in [2.24, 2.45) is 17.8 Å². The summed E-state index contributed by atoms with van der Waals surface area (Å²) in [7, 11) is 0. The molecule has 5 aliphatic rings. The van der Waals surface area contributed by atoms with Crippen LogP contribution in [0.2, 0.25) is 0 Å². The van der Waals surface area contributed by atoms with E-state index in [9.17, 15) is 24.8 Å². The number of fused-ring (bicyclic) bond motifs is 2. The van der Waals surface area contributed by atoms with Crippen molar-refractivity contribution in [3.8, 4) is 0 Å². The molecule has 2 bridgehead atoms. The van der Waals surface area contributed by atoms with Crippen LogP contribution in [0.25, 0.3) is 0 Å². The minimum atomic E-state index is -1.90. The lowest BCUT2D eigenvalue weighted by molar-refractivity contribution is -0.384. The van der Waals surface area contributed by atoms with Gasteiger partial charge in [0.05, 0.1) is 36.4 Å². The number of hydrogen-bond acceptors (Lipinski definition) is 10. The minimum Gasteiger partial charge on any atom is -0.462 e. The van der Waals surface area contributed by atoms with Gasteiger partial charge in [-0.2, -0.15) is 0 Å². The smallest absolute Gasteiger partial charge is 0.316 e. The molecule has 1 spiro atoms. The Bertz CT molecular complexity index is 1600. The molecule has 11 heteroatoms. The van der Waals surface area contributed by atoms with E-state index >= 15 is 0 Å². The Hall–Kier alpha value is -3.48. The number of esters is 1. The number of carbonyl (C=O) groups is 2. The van der Waals surface area contributed by atoms with Crippen molar-refractivity contribution in [3.05, 3.63) is 87.0 Å². The van der Waals surface area contributed by atoms with E-state index in [0.29, 0.717) is 42.7 Å². The first kappa shape index (κ1) is 36.3. The molecule has 50 heavy (non-hydrogen) atoms. The molecule has 3 saturated heterocycles. The molecule has 3 fully saturated rings. The van der Waals surface area contributed by atoms with Gasteiger partial charge in [0.1, 0.15) is 17.6 Å². The van der Waals surface area contributed by atoms with Gasteiger partial charge in [0.15, 0.2) is 17.7 Å². The molecule has 1 aliphatic carbocycles. The molecular formula is C39H49NO10. The van der Waals surface area contributed by atoms with Gasteiger partial charge in [0.25, 0.3) is 5.69 Å². The molecule has 1 N–H and O–H groups in total. The third-order valence-corrected chi connectivity index (χ3v) is 11.1. The molecule has 270 valence electrons. The summed E-state index contributed by atoms with van der Waals surface area (Å²) in [5.74, 6) is -2.77. The number of ether oxygens (including phenoxy) is 5. The Morgan fingerprint density at radius 1 is 1.10 bits per heavy atom. The van der Waals surface area contributed by atoms with E-state index in [2.05, 4.69) is 19.9 Å². The van der Waals surface area contributed by atoms with Crippen molar-refractivity contribution >= 4 is 17.4 Å². The lowest BCUT2D eigenvalue weighted by Gasteiger charge is -2.49. The number of allylic oxidation sites excluding steroid dienone is 2. The molecule has 4 aliphatic heterocycles. The van der Waals surface area contributed by atoms with E-state index in [0.717, 1.165) is 24.0 Å².